The van der Waals surface area contributed by atoms with E-state index in [-0.39, 0.29) is 17.1 Å². The molecule has 0 fully saturated rings. The van der Waals surface area contributed by atoms with Gasteiger partial charge in [0.05, 0.1) is 14.2 Å². The zero-order chi connectivity index (χ0) is 14.8. The molecule has 2 amide bonds. The van der Waals surface area contributed by atoms with Crippen LogP contribution in [0.1, 0.15) is 0 Å². The van der Waals surface area contributed by atoms with E-state index in [2.05, 4.69) is 20.1 Å². The van der Waals surface area contributed by atoms with Crippen molar-refractivity contribution < 1.29 is 36.1 Å². The van der Waals surface area contributed by atoms with Gasteiger partial charge in [-0.05, 0) is 0 Å². The van der Waals surface area contributed by atoms with Gasteiger partial charge in [-0.25, -0.2) is 21.7 Å². The van der Waals surface area contributed by atoms with Crippen LogP contribution in [0, 0.1) is 0 Å². The fourth-order valence-electron chi connectivity index (χ4n) is 1.25. The first kappa shape index (κ1) is 18.8. The number of methoxy groups -OCH3 is 2. The van der Waals surface area contributed by atoms with E-state index in [1.54, 1.807) is 24.3 Å². The number of anilines is 2. The van der Waals surface area contributed by atoms with Gasteiger partial charge in [0.25, 0.3) is 0 Å². The fourth-order valence-corrected chi connectivity index (χ4v) is 1.25. The maximum Gasteiger partial charge on any atom is 2.00 e. The van der Waals surface area contributed by atoms with Crippen molar-refractivity contribution in [3.8, 4) is 0 Å². The Bertz CT molecular complexity index is 461. The molecule has 2 aromatic rings. The molecule has 0 unspecified atom stereocenters. The van der Waals surface area contributed by atoms with Crippen LogP contribution in [0.3, 0.4) is 0 Å². The van der Waals surface area contributed by atoms with Gasteiger partial charge in [-0.2, -0.15) is 24.3 Å². The van der Waals surface area contributed by atoms with E-state index in [9.17, 15) is 9.59 Å². The molecule has 6 nitrogen and oxygen atoms in total. The van der Waals surface area contributed by atoms with Crippen LogP contribution in [0.5, 0.6) is 0 Å². The van der Waals surface area contributed by atoms with Crippen LogP contribution in [-0.2, 0) is 26.5 Å². The topological polar surface area (TPSA) is 76.7 Å². The molecule has 7 heteroatoms. The molecule has 0 heterocycles. The van der Waals surface area contributed by atoms with Crippen molar-refractivity contribution >= 4 is 23.6 Å². The van der Waals surface area contributed by atoms with Gasteiger partial charge >= 0.3 is 29.3 Å². The van der Waals surface area contributed by atoms with Gasteiger partial charge in [-0.15, -0.1) is 12.1 Å². The zero-order valence-electron chi connectivity index (χ0n) is 11.6. The van der Waals surface area contributed by atoms with E-state index in [0.717, 1.165) is 11.4 Å². The number of hydrogen-bond donors (Lipinski definition) is 2. The maximum absolute atomic E-state index is 10.5. The molecular formula is C14H16FeN2O4. The second kappa shape index (κ2) is 10.5. The SMILES string of the molecule is COC(=O)Nc1ccc[cH-]1.COC(=O)Nc1ccc[cH-]1.[Fe+2]. The van der Waals surface area contributed by atoms with Crippen molar-refractivity contribution in [3.63, 3.8) is 0 Å². The smallest absolute Gasteiger partial charge is 0.453 e. The van der Waals surface area contributed by atoms with Gasteiger partial charge < -0.3 is 20.1 Å². The Kier molecular flexibility index (Phi) is 9.41. The fraction of sp³-hybridized carbons (Fsp3) is 0.143. The average Bonchev–Trinajstić information content (AvgIpc) is 3.12. The largest absolute Gasteiger partial charge is 2.00 e. The number of ether oxygens (including phenoxy) is 2. The van der Waals surface area contributed by atoms with E-state index in [0.29, 0.717) is 0 Å². The van der Waals surface area contributed by atoms with Gasteiger partial charge in [0, 0.05) is 0 Å². The monoisotopic (exact) mass is 332 g/mol. The van der Waals surface area contributed by atoms with E-state index < -0.39 is 12.2 Å². The molecule has 0 aromatic heterocycles. The second-order valence-corrected chi connectivity index (χ2v) is 3.58. The van der Waals surface area contributed by atoms with Crippen molar-refractivity contribution in [3.05, 3.63) is 48.5 Å². The van der Waals surface area contributed by atoms with Crippen molar-refractivity contribution in [2.45, 2.75) is 0 Å². The molecular weight excluding hydrogens is 316 g/mol. The van der Waals surface area contributed by atoms with E-state index >= 15 is 0 Å². The van der Waals surface area contributed by atoms with Crippen LogP contribution in [0.15, 0.2) is 48.5 Å². The molecule has 0 atom stereocenters. The number of rotatable bonds is 2. The van der Waals surface area contributed by atoms with Crippen LogP contribution < -0.4 is 10.6 Å². The summed E-state index contributed by atoms with van der Waals surface area (Å²) < 4.78 is 8.75. The van der Waals surface area contributed by atoms with E-state index in [4.69, 9.17) is 0 Å². The first-order valence-electron chi connectivity index (χ1n) is 5.79. The van der Waals surface area contributed by atoms with Crippen molar-refractivity contribution in [2.24, 2.45) is 0 Å². The maximum atomic E-state index is 10.5. The molecule has 0 saturated carbocycles. The minimum absolute atomic E-state index is 0. The summed E-state index contributed by atoms with van der Waals surface area (Å²) >= 11 is 0. The minimum atomic E-state index is -0.439. The van der Waals surface area contributed by atoms with Crippen LogP contribution >= 0.6 is 0 Å². The predicted octanol–water partition coefficient (Wildman–Crippen LogP) is 3.17. The molecule has 114 valence electrons. The van der Waals surface area contributed by atoms with Gasteiger partial charge in [0.15, 0.2) is 0 Å². The summed E-state index contributed by atoms with van der Waals surface area (Å²) in [6.07, 6.45) is -0.877. The molecule has 0 aliphatic carbocycles. The molecule has 0 spiro atoms. The van der Waals surface area contributed by atoms with Gasteiger partial charge in [0.1, 0.15) is 0 Å². The van der Waals surface area contributed by atoms with E-state index in [1.807, 2.05) is 24.3 Å². The molecule has 0 radical (unpaired) electrons. The third-order valence-electron chi connectivity index (χ3n) is 2.19. The first-order chi connectivity index (χ1) is 9.65. The molecule has 21 heavy (non-hydrogen) atoms. The summed E-state index contributed by atoms with van der Waals surface area (Å²) in [5, 5.41) is 5.02. The summed E-state index contributed by atoms with van der Waals surface area (Å²) in [6, 6.07) is 14.5. The number of carbonyl (C=O) groups is 2. The first-order valence-corrected chi connectivity index (χ1v) is 5.79. The summed E-state index contributed by atoms with van der Waals surface area (Å²) in [7, 11) is 2.66. The third-order valence-corrected chi connectivity index (χ3v) is 2.19. The number of nitrogens with one attached hydrogen (secondary N) is 2. The van der Waals surface area contributed by atoms with Crippen molar-refractivity contribution in [1.29, 1.82) is 0 Å². The average molecular weight is 332 g/mol. The number of hydrogen-bond acceptors (Lipinski definition) is 4. The molecule has 0 aliphatic heterocycles. The molecule has 2 rings (SSSR count). The van der Waals surface area contributed by atoms with E-state index in [1.165, 1.54) is 14.2 Å². The molecule has 2 aromatic carbocycles. The van der Waals surface area contributed by atoms with Crippen molar-refractivity contribution in [1.82, 2.24) is 0 Å². The van der Waals surface area contributed by atoms with Crippen LogP contribution in [0.25, 0.3) is 0 Å². The Hall–Kier alpha value is -2.24. The standard InChI is InChI=1S/2C7H8NO2.Fe/c2*1-10-7(9)8-6-4-2-3-5-6;/h2*2-5H,1H3,(H,8,9);/q2*-1;+2. The number of amides is 2. The summed E-state index contributed by atoms with van der Waals surface area (Å²) in [5.74, 6) is 0. The summed E-state index contributed by atoms with van der Waals surface area (Å²) in [5.41, 5.74) is 1.51. The van der Waals surface area contributed by atoms with Crippen LogP contribution in [0.4, 0.5) is 21.0 Å². The van der Waals surface area contributed by atoms with Gasteiger partial charge in [-0.1, -0.05) is 11.4 Å². The third kappa shape index (κ3) is 7.81. The zero-order valence-corrected chi connectivity index (χ0v) is 12.7. The second-order valence-electron chi connectivity index (χ2n) is 3.58. The molecule has 2 N–H and O–H groups in total. The summed E-state index contributed by atoms with van der Waals surface area (Å²) in [4.78, 5) is 21.1. The summed E-state index contributed by atoms with van der Waals surface area (Å²) in [6.45, 7) is 0. The Labute approximate surface area is 133 Å². The van der Waals surface area contributed by atoms with Crippen molar-refractivity contribution in [2.75, 3.05) is 24.9 Å². The quantitative estimate of drug-likeness (QED) is 0.654. The Morgan fingerprint density at radius 2 is 1.29 bits per heavy atom. The van der Waals surface area contributed by atoms with Gasteiger partial charge in [-0.3, -0.25) is 0 Å². The Morgan fingerprint density at radius 3 is 1.52 bits per heavy atom. The predicted molar refractivity (Wildman–Crippen MR) is 76.1 cm³/mol. The number of carbonyl (C=O) groups excluding carboxylic acids is 2. The molecule has 0 saturated heterocycles. The molecule has 0 aliphatic rings. The van der Waals surface area contributed by atoms with Gasteiger partial charge in [0.2, 0.25) is 0 Å². The molecule has 0 bridgehead atoms. The Balaban J connectivity index is 0.000000364. The van der Waals surface area contributed by atoms with Crippen LogP contribution in [0.2, 0.25) is 0 Å². The normalized spacial score (nSPS) is 8.48. The van der Waals surface area contributed by atoms with Crippen LogP contribution in [-0.4, -0.2) is 26.4 Å². The Morgan fingerprint density at radius 1 is 0.905 bits per heavy atom. The minimum Gasteiger partial charge on any atom is -0.453 e.